The van der Waals surface area contributed by atoms with E-state index in [4.69, 9.17) is 16.4 Å². The van der Waals surface area contributed by atoms with Crippen LogP contribution in [0.4, 0.5) is 9.59 Å². The molecule has 0 spiro atoms. The molecule has 0 radical (unpaired) electrons. The number of amides is 4. The lowest BCUT2D eigenvalue weighted by molar-refractivity contribution is -0.131. The second kappa shape index (κ2) is 12.3. The fourth-order valence-electron chi connectivity index (χ4n) is 1.74. The number of ether oxygens (including phenoxy) is 2. The van der Waals surface area contributed by atoms with Gasteiger partial charge in [0.15, 0.2) is 5.92 Å². The number of benzene rings is 1. The van der Waals surface area contributed by atoms with Crippen molar-refractivity contribution in [2.45, 2.75) is 20.5 Å². The van der Waals surface area contributed by atoms with Crippen molar-refractivity contribution < 1.29 is 33.5 Å². The van der Waals surface area contributed by atoms with Crippen molar-refractivity contribution in [1.82, 2.24) is 10.6 Å². The molecular weight excluding hydrogens is 394 g/mol. The fraction of sp³-hybridized carbons (Fsp3) is 0.353. The minimum absolute atomic E-state index is 0.0249. The molecule has 10 nitrogen and oxygen atoms in total. The summed E-state index contributed by atoms with van der Waals surface area (Å²) in [6.45, 7) is 3.18. The smallest absolute Gasteiger partial charge is 0.413 e. The summed E-state index contributed by atoms with van der Waals surface area (Å²) in [5.41, 5.74) is 0.741. The zero-order valence-electron chi connectivity index (χ0n) is 15.3. The molecule has 4 amide bonds. The molecule has 0 atom stereocenters. The first-order chi connectivity index (χ1) is 13.4. The lowest BCUT2D eigenvalue weighted by Crippen LogP contribution is -2.46. The van der Waals surface area contributed by atoms with Gasteiger partial charge in [-0.1, -0.05) is 28.9 Å². The molecule has 0 saturated heterocycles. The van der Waals surface area contributed by atoms with Crippen LogP contribution in [0.2, 0.25) is 5.02 Å². The first kappa shape index (κ1) is 22.9. The maximum absolute atomic E-state index is 12.1. The number of rotatable bonds is 8. The molecule has 1 rings (SSSR count). The molecule has 152 valence electrons. The lowest BCUT2D eigenvalue weighted by Gasteiger charge is -2.11. The SMILES string of the molecule is CCOC(=O)NC(=O)C(/C=N\OCc1ccc(Cl)cc1)C(=O)NC(=O)OCC. The van der Waals surface area contributed by atoms with Gasteiger partial charge in [-0.2, -0.15) is 0 Å². The molecule has 0 aliphatic carbocycles. The van der Waals surface area contributed by atoms with E-state index in [-0.39, 0.29) is 19.8 Å². The van der Waals surface area contributed by atoms with Crippen molar-refractivity contribution in [2.24, 2.45) is 11.1 Å². The zero-order valence-corrected chi connectivity index (χ0v) is 16.0. The van der Waals surface area contributed by atoms with Crippen LogP contribution >= 0.6 is 11.6 Å². The lowest BCUT2D eigenvalue weighted by atomic mass is 10.1. The molecule has 11 heteroatoms. The summed E-state index contributed by atoms with van der Waals surface area (Å²) in [5, 5.41) is 7.82. The molecule has 0 bridgehead atoms. The summed E-state index contributed by atoms with van der Waals surface area (Å²) >= 11 is 5.78. The average molecular weight is 414 g/mol. The number of alkyl carbamates (subject to hydrolysis) is 2. The number of halogens is 1. The van der Waals surface area contributed by atoms with E-state index in [1.165, 1.54) is 0 Å². The number of imide groups is 2. The Bertz CT molecular complexity index is 690. The van der Waals surface area contributed by atoms with Crippen molar-refractivity contribution in [3.05, 3.63) is 34.9 Å². The average Bonchev–Trinajstić information content (AvgIpc) is 2.63. The maximum Gasteiger partial charge on any atom is 0.413 e. The molecule has 0 unspecified atom stereocenters. The molecule has 0 aliphatic rings. The monoisotopic (exact) mass is 413 g/mol. The molecule has 0 saturated carbocycles. The van der Waals surface area contributed by atoms with Crippen molar-refractivity contribution in [3.63, 3.8) is 0 Å². The second-order valence-electron chi connectivity index (χ2n) is 5.05. The summed E-state index contributed by atoms with van der Waals surface area (Å²) in [5.74, 6) is -3.75. The summed E-state index contributed by atoms with van der Waals surface area (Å²) in [6, 6.07) is 6.73. The van der Waals surface area contributed by atoms with E-state index in [9.17, 15) is 19.2 Å². The van der Waals surface area contributed by atoms with Gasteiger partial charge in [-0.05, 0) is 31.5 Å². The van der Waals surface area contributed by atoms with E-state index in [0.29, 0.717) is 5.02 Å². The van der Waals surface area contributed by atoms with Gasteiger partial charge >= 0.3 is 12.2 Å². The number of carbonyl (C=O) groups excluding carboxylic acids is 4. The van der Waals surface area contributed by atoms with Gasteiger partial charge in [0.25, 0.3) is 0 Å². The molecule has 0 aliphatic heterocycles. The summed E-state index contributed by atoms with van der Waals surface area (Å²) in [4.78, 5) is 52.0. The van der Waals surface area contributed by atoms with Gasteiger partial charge in [-0.3, -0.25) is 20.2 Å². The highest BCUT2D eigenvalue weighted by Crippen LogP contribution is 2.10. The fourth-order valence-corrected chi connectivity index (χ4v) is 1.87. The second-order valence-corrected chi connectivity index (χ2v) is 5.49. The van der Waals surface area contributed by atoms with Gasteiger partial charge in [0.1, 0.15) is 6.61 Å². The van der Waals surface area contributed by atoms with Crippen LogP contribution in [0, 0.1) is 5.92 Å². The van der Waals surface area contributed by atoms with Crippen LogP contribution in [-0.4, -0.2) is 43.4 Å². The van der Waals surface area contributed by atoms with E-state index in [1.54, 1.807) is 38.1 Å². The molecule has 1 aromatic rings. The summed E-state index contributed by atoms with van der Waals surface area (Å²) in [7, 11) is 0. The van der Waals surface area contributed by atoms with Crippen molar-refractivity contribution in [2.75, 3.05) is 13.2 Å². The van der Waals surface area contributed by atoms with E-state index in [2.05, 4.69) is 14.6 Å². The van der Waals surface area contributed by atoms with Crippen LogP contribution in [-0.2, 0) is 30.5 Å². The topological polar surface area (TPSA) is 132 Å². The Morgan fingerprint density at radius 3 is 1.96 bits per heavy atom. The summed E-state index contributed by atoms with van der Waals surface area (Å²) < 4.78 is 9.15. The third kappa shape index (κ3) is 8.49. The van der Waals surface area contributed by atoms with Gasteiger partial charge in [0, 0.05) is 5.02 Å². The molecule has 0 aromatic heterocycles. The van der Waals surface area contributed by atoms with Crippen LogP contribution in [0.3, 0.4) is 0 Å². The number of hydrogen-bond donors (Lipinski definition) is 2. The van der Waals surface area contributed by atoms with Gasteiger partial charge in [0.05, 0.1) is 19.4 Å². The van der Waals surface area contributed by atoms with Gasteiger partial charge in [-0.25, -0.2) is 9.59 Å². The molecule has 1 aromatic carbocycles. The normalized spacial score (nSPS) is 10.4. The molecule has 28 heavy (non-hydrogen) atoms. The van der Waals surface area contributed by atoms with Crippen molar-refractivity contribution in [1.29, 1.82) is 0 Å². The minimum atomic E-state index is -1.64. The quantitative estimate of drug-likeness (QED) is 0.378. The minimum Gasteiger partial charge on any atom is -0.450 e. The van der Waals surface area contributed by atoms with Crippen LogP contribution < -0.4 is 10.6 Å². The predicted octanol–water partition coefficient (Wildman–Crippen LogP) is 2.00. The predicted molar refractivity (Wildman–Crippen MR) is 98.6 cm³/mol. The first-order valence-electron chi connectivity index (χ1n) is 8.22. The molecular formula is C17H20ClN3O7. The third-order valence-electron chi connectivity index (χ3n) is 3.00. The maximum atomic E-state index is 12.1. The highest BCUT2D eigenvalue weighted by molar-refractivity contribution is 6.30. The van der Waals surface area contributed by atoms with Crippen LogP contribution in [0.1, 0.15) is 19.4 Å². The Kier molecular flexibility index (Phi) is 10.0. The standard InChI is InChI=1S/C17H20ClN3O7/c1-3-26-16(24)20-14(22)13(15(23)21-17(25)27-4-2)9-19-28-10-11-5-7-12(18)8-6-11/h5-9,13H,3-4,10H2,1-2H3,(H,20,22,24)(H,21,23,25)/b19-9-. The van der Waals surface area contributed by atoms with Crippen molar-refractivity contribution in [3.8, 4) is 0 Å². The van der Waals surface area contributed by atoms with E-state index >= 15 is 0 Å². The van der Waals surface area contributed by atoms with E-state index in [1.807, 2.05) is 10.6 Å². The highest BCUT2D eigenvalue weighted by atomic mass is 35.5. The Morgan fingerprint density at radius 2 is 1.50 bits per heavy atom. The van der Waals surface area contributed by atoms with Gasteiger partial charge in [-0.15, -0.1) is 0 Å². The van der Waals surface area contributed by atoms with Crippen LogP contribution in [0.15, 0.2) is 29.4 Å². The number of carbonyl (C=O) groups is 4. The third-order valence-corrected chi connectivity index (χ3v) is 3.25. The zero-order chi connectivity index (χ0) is 20.9. The van der Waals surface area contributed by atoms with Gasteiger partial charge < -0.3 is 14.3 Å². The Morgan fingerprint density at radius 1 is 1.00 bits per heavy atom. The summed E-state index contributed by atoms with van der Waals surface area (Å²) in [6.07, 6.45) is -1.24. The van der Waals surface area contributed by atoms with Gasteiger partial charge in [0.2, 0.25) is 11.8 Å². The molecule has 0 heterocycles. The van der Waals surface area contributed by atoms with Crippen molar-refractivity contribution >= 4 is 41.8 Å². The number of oxime groups is 1. The Labute approximate surface area is 166 Å². The molecule has 0 fully saturated rings. The van der Waals surface area contributed by atoms with Crippen LogP contribution in [0.5, 0.6) is 0 Å². The molecule has 2 N–H and O–H groups in total. The van der Waals surface area contributed by atoms with E-state index in [0.717, 1.165) is 11.8 Å². The Hall–Kier alpha value is -3.14. The number of nitrogens with one attached hydrogen (secondary N) is 2. The first-order valence-corrected chi connectivity index (χ1v) is 8.60. The van der Waals surface area contributed by atoms with Crippen LogP contribution in [0.25, 0.3) is 0 Å². The Balaban J connectivity index is 2.75. The number of nitrogens with zero attached hydrogens (tertiary/aromatic N) is 1. The highest BCUT2D eigenvalue weighted by Gasteiger charge is 2.29. The van der Waals surface area contributed by atoms with E-state index < -0.39 is 29.9 Å². The largest absolute Gasteiger partial charge is 0.450 e. The number of hydrogen-bond acceptors (Lipinski definition) is 8.